The third-order valence-corrected chi connectivity index (χ3v) is 7.24. The number of rotatable bonds is 7. The van der Waals surface area contributed by atoms with Crippen molar-refractivity contribution in [3.05, 3.63) is 78.4 Å². The molecule has 0 atom stereocenters. The smallest absolute Gasteiger partial charge is 0.255 e. The van der Waals surface area contributed by atoms with E-state index in [0.29, 0.717) is 24.5 Å². The highest BCUT2D eigenvalue weighted by molar-refractivity contribution is 7.89. The van der Waals surface area contributed by atoms with E-state index in [9.17, 15) is 13.2 Å². The molecule has 166 valence electrons. The van der Waals surface area contributed by atoms with Gasteiger partial charge in [0.25, 0.3) is 5.91 Å². The Bertz CT molecular complexity index is 1200. The van der Waals surface area contributed by atoms with Crippen LogP contribution in [0.1, 0.15) is 23.2 Å². The van der Waals surface area contributed by atoms with Crippen molar-refractivity contribution in [2.24, 2.45) is 0 Å². The normalized spacial score (nSPS) is 14.2. The lowest BCUT2D eigenvalue weighted by Gasteiger charge is -2.16. The molecule has 4 rings (SSSR count). The van der Waals surface area contributed by atoms with Gasteiger partial charge in [0.15, 0.2) is 0 Å². The minimum Gasteiger partial charge on any atom is -0.497 e. The van der Waals surface area contributed by atoms with Gasteiger partial charge in [-0.25, -0.2) is 8.42 Å². The van der Waals surface area contributed by atoms with Crippen LogP contribution < -0.4 is 15.4 Å². The van der Waals surface area contributed by atoms with Crippen LogP contribution in [-0.2, 0) is 10.0 Å². The second-order valence-electron chi connectivity index (χ2n) is 7.49. The third kappa shape index (κ3) is 4.76. The van der Waals surface area contributed by atoms with E-state index in [-0.39, 0.29) is 16.4 Å². The van der Waals surface area contributed by atoms with E-state index in [4.69, 9.17) is 4.74 Å². The Morgan fingerprint density at radius 1 is 0.906 bits per heavy atom. The number of hydrogen-bond acceptors (Lipinski definition) is 5. The molecular formula is C24H25N3O4S. The zero-order valence-electron chi connectivity index (χ0n) is 17.7. The Labute approximate surface area is 188 Å². The first-order chi connectivity index (χ1) is 15.5. The van der Waals surface area contributed by atoms with E-state index in [1.165, 1.54) is 16.4 Å². The van der Waals surface area contributed by atoms with Crippen molar-refractivity contribution >= 4 is 33.0 Å². The van der Waals surface area contributed by atoms with Crippen LogP contribution in [0.5, 0.6) is 5.75 Å². The number of nitrogens with zero attached hydrogens (tertiary/aromatic N) is 1. The van der Waals surface area contributed by atoms with Gasteiger partial charge in [-0.2, -0.15) is 4.31 Å². The van der Waals surface area contributed by atoms with Crippen molar-refractivity contribution in [2.75, 3.05) is 30.8 Å². The molecule has 0 radical (unpaired) electrons. The van der Waals surface area contributed by atoms with Gasteiger partial charge in [0.1, 0.15) is 5.75 Å². The molecule has 1 amide bonds. The molecule has 0 spiro atoms. The molecule has 2 N–H and O–H groups in total. The maximum absolute atomic E-state index is 12.9. The topological polar surface area (TPSA) is 87.7 Å². The van der Waals surface area contributed by atoms with Crippen LogP contribution in [0, 0.1) is 0 Å². The van der Waals surface area contributed by atoms with E-state index in [1.54, 1.807) is 25.3 Å². The van der Waals surface area contributed by atoms with Crippen LogP contribution in [-0.4, -0.2) is 38.8 Å². The zero-order chi connectivity index (χ0) is 22.6. The van der Waals surface area contributed by atoms with Crippen molar-refractivity contribution < 1.29 is 17.9 Å². The van der Waals surface area contributed by atoms with Crippen LogP contribution in [0.15, 0.2) is 77.7 Å². The zero-order valence-corrected chi connectivity index (χ0v) is 18.6. The second-order valence-corrected chi connectivity index (χ2v) is 9.43. The minimum absolute atomic E-state index is 0.136. The molecular weight excluding hydrogens is 426 g/mol. The highest BCUT2D eigenvalue weighted by Gasteiger charge is 2.27. The van der Waals surface area contributed by atoms with Crippen LogP contribution in [0.25, 0.3) is 0 Å². The van der Waals surface area contributed by atoms with Gasteiger partial charge in [-0.1, -0.05) is 18.2 Å². The summed E-state index contributed by atoms with van der Waals surface area (Å²) in [5.74, 6) is 0.369. The molecule has 1 aliphatic heterocycles. The van der Waals surface area contributed by atoms with Crippen molar-refractivity contribution in [2.45, 2.75) is 17.7 Å². The van der Waals surface area contributed by atoms with Crippen molar-refractivity contribution in [3.63, 3.8) is 0 Å². The lowest BCUT2D eigenvalue weighted by atomic mass is 10.2. The number of carbonyl (C=O) groups excluding carboxylic acids is 1. The average Bonchev–Trinajstić information content (AvgIpc) is 3.37. The predicted molar refractivity (Wildman–Crippen MR) is 125 cm³/mol. The fourth-order valence-electron chi connectivity index (χ4n) is 3.60. The highest BCUT2D eigenvalue weighted by atomic mass is 32.2. The second kappa shape index (κ2) is 9.42. The monoisotopic (exact) mass is 451 g/mol. The summed E-state index contributed by atoms with van der Waals surface area (Å²) in [7, 11) is -1.98. The number of anilines is 3. The molecule has 0 aromatic heterocycles. The standard InChI is InChI=1S/C24H25N3O4S/c1-31-20-13-11-19(12-14-20)25-22-9-2-3-10-23(22)26-24(28)18-7-6-8-21(17-18)32(29,30)27-15-4-5-16-27/h2-3,6-14,17,25H,4-5,15-16H2,1H3,(H,26,28). The number of nitrogens with one attached hydrogen (secondary N) is 2. The molecule has 1 aliphatic rings. The fourth-order valence-corrected chi connectivity index (χ4v) is 5.16. The van der Waals surface area contributed by atoms with Gasteiger partial charge in [0, 0.05) is 24.3 Å². The molecule has 0 bridgehead atoms. The summed E-state index contributed by atoms with van der Waals surface area (Å²) in [6.45, 7) is 1.03. The molecule has 1 saturated heterocycles. The van der Waals surface area contributed by atoms with Crippen LogP contribution in [0.2, 0.25) is 0 Å². The Hall–Kier alpha value is -3.36. The van der Waals surface area contributed by atoms with Gasteiger partial charge in [-0.15, -0.1) is 0 Å². The van der Waals surface area contributed by atoms with Gasteiger partial charge in [-0.05, 0) is 67.4 Å². The maximum atomic E-state index is 12.9. The summed E-state index contributed by atoms with van der Waals surface area (Å²) in [5.41, 5.74) is 2.42. The van der Waals surface area contributed by atoms with Crippen molar-refractivity contribution in [3.8, 4) is 5.75 Å². The van der Waals surface area contributed by atoms with E-state index in [0.717, 1.165) is 24.3 Å². The Kier molecular flexibility index (Phi) is 6.43. The maximum Gasteiger partial charge on any atom is 0.255 e. The van der Waals surface area contributed by atoms with E-state index < -0.39 is 10.0 Å². The van der Waals surface area contributed by atoms with Crippen molar-refractivity contribution in [1.82, 2.24) is 4.31 Å². The summed E-state index contributed by atoms with van der Waals surface area (Å²) in [4.78, 5) is 13.1. The van der Waals surface area contributed by atoms with Gasteiger partial charge in [0.2, 0.25) is 10.0 Å². The molecule has 3 aromatic carbocycles. The Morgan fingerprint density at radius 2 is 1.59 bits per heavy atom. The highest BCUT2D eigenvalue weighted by Crippen LogP contribution is 2.27. The van der Waals surface area contributed by atoms with Gasteiger partial charge < -0.3 is 15.4 Å². The summed E-state index contributed by atoms with van der Waals surface area (Å²) in [6.07, 6.45) is 1.72. The first-order valence-corrected chi connectivity index (χ1v) is 11.8. The van der Waals surface area contributed by atoms with Crippen LogP contribution in [0.3, 0.4) is 0 Å². The minimum atomic E-state index is -3.59. The molecule has 1 fully saturated rings. The first-order valence-electron chi connectivity index (χ1n) is 10.4. The predicted octanol–water partition coefficient (Wildman–Crippen LogP) is 4.48. The number of sulfonamides is 1. The SMILES string of the molecule is COc1ccc(Nc2ccccc2NC(=O)c2cccc(S(=O)(=O)N3CCCC3)c2)cc1. The molecule has 0 saturated carbocycles. The molecule has 8 heteroatoms. The summed E-state index contributed by atoms with van der Waals surface area (Å²) in [6, 6.07) is 20.9. The number of amides is 1. The van der Waals surface area contributed by atoms with E-state index >= 15 is 0 Å². The van der Waals surface area contributed by atoms with Crippen LogP contribution >= 0.6 is 0 Å². The third-order valence-electron chi connectivity index (χ3n) is 5.34. The number of hydrogen-bond donors (Lipinski definition) is 2. The molecule has 3 aromatic rings. The molecule has 0 unspecified atom stereocenters. The van der Waals surface area contributed by atoms with Crippen molar-refractivity contribution in [1.29, 1.82) is 0 Å². The lowest BCUT2D eigenvalue weighted by Crippen LogP contribution is -2.28. The Morgan fingerprint density at radius 3 is 2.28 bits per heavy atom. The van der Waals surface area contributed by atoms with Gasteiger partial charge >= 0.3 is 0 Å². The molecule has 7 nitrogen and oxygen atoms in total. The largest absolute Gasteiger partial charge is 0.497 e. The number of benzene rings is 3. The quantitative estimate of drug-likeness (QED) is 0.553. The van der Waals surface area contributed by atoms with E-state index in [2.05, 4.69) is 10.6 Å². The summed E-state index contributed by atoms with van der Waals surface area (Å²) < 4.78 is 32.3. The Balaban J connectivity index is 1.53. The lowest BCUT2D eigenvalue weighted by molar-refractivity contribution is 0.102. The number of ether oxygens (including phenoxy) is 1. The number of carbonyl (C=O) groups is 1. The molecule has 32 heavy (non-hydrogen) atoms. The number of para-hydroxylation sites is 2. The average molecular weight is 452 g/mol. The first kappa shape index (κ1) is 21.9. The number of methoxy groups -OCH3 is 1. The van der Waals surface area contributed by atoms with Gasteiger partial charge in [0.05, 0.1) is 23.4 Å². The summed E-state index contributed by atoms with van der Waals surface area (Å²) >= 11 is 0. The summed E-state index contributed by atoms with van der Waals surface area (Å²) in [5, 5.41) is 6.16. The molecule has 1 heterocycles. The molecule has 0 aliphatic carbocycles. The van der Waals surface area contributed by atoms with E-state index in [1.807, 2.05) is 42.5 Å². The van der Waals surface area contributed by atoms with Gasteiger partial charge in [-0.3, -0.25) is 4.79 Å². The van der Waals surface area contributed by atoms with Crippen LogP contribution in [0.4, 0.5) is 17.1 Å². The fraction of sp³-hybridized carbons (Fsp3) is 0.208.